The zero-order chi connectivity index (χ0) is 20.7. The molecular formula is C20H25N3O5. The van der Waals surface area contributed by atoms with Gasteiger partial charge in [0.2, 0.25) is 0 Å². The number of hydrogen-bond donors (Lipinski definition) is 1. The zero-order valence-corrected chi connectivity index (χ0v) is 16.6. The number of hydrogen-bond acceptors (Lipinski definition) is 5. The van der Waals surface area contributed by atoms with Crippen LogP contribution in [0.5, 0.6) is 0 Å². The Balaban J connectivity index is 1.83. The van der Waals surface area contributed by atoms with Crippen LogP contribution in [-0.4, -0.2) is 56.8 Å². The first-order valence-electron chi connectivity index (χ1n) is 9.57. The van der Waals surface area contributed by atoms with Crippen LogP contribution in [0.4, 0.5) is 4.79 Å². The highest BCUT2D eigenvalue weighted by Gasteiger charge is 2.49. The van der Waals surface area contributed by atoms with Gasteiger partial charge in [0.15, 0.2) is 11.6 Å². The fourth-order valence-electron chi connectivity index (χ4n) is 4.41. The summed E-state index contributed by atoms with van der Waals surface area (Å²) in [4.78, 5) is 66.8. The molecule has 1 aromatic heterocycles. The van der Waals surface area contributed by atoms with E-state index in [1.54, 1.807) is 13.8 Å². The van der Waals surface area contributed by atoms with Gasteiger partial charge in [0, 0.05) is 17.3 Å². The highest BCUT2D eigenvalue weighted by molar-refractivity contribution is 6.45. The van der Waals surface area contributed by atoms with Crippen LogP contribution in [0.2, 0.25) is 0 Å². The number of amides is 4. The van der Waals surface area contributed by atoms with Crippen LogP contribution in [-0.2, 0) is 9.59 Å². The molecule has 0 aromatic carbocycles. The topological polar surface area (TPSA) is 108 Å². The van der Waals surface area contributed by atoms with Crippen LogP contribution in [0.3, 0.4) is 0 Å². The molecule has 1 saturated carbocycles. The van der Waals surface area contributed by atoms with E-state index in [1.807, 2.05) is 6.92 Å². The first-order chi connectivity index (χ1) is 13.1. The fourth-order valence-corrected chi connectivity index (χ4v) is 4.41. The van der Waals surface area contributed by atoms with Crippen molar-refractivity contribution in [1.29, 1.82) is 0 Å². The molecule has 2 fully saturated rings. The standard InChI is InChI=1S/C20H25N3O5/c1-10-7-5-6-8-14(10)23-19(27)18(26)22(20(23)28)9-15(25)17-11(2)16(13(4)24)12(3)21-17/h10,14,21H,5-9H2,1-4H3/t10-,14+/m1/s1. The van der Waals surface area contributed by atoms with Gasteiger partial charge >= 0.3 is 17.8 Å². The largest absolute Gasteiger partial charge is 0.355 e. The Morgan fingerprint density at radius 1 is 1.07 bits per heavy atom. The number of nitrogens with one attached hydrogen (secondary N) is 1. The summed E-state index contributed by atoms with van der Waals surface area (Å²) >= 11 is 0. The molecule has 1 aliphatic carbocycles. The summed E-state index contributed by atoms with van der Waals surface area (Å²) in [5, 5.41) is 0. The summed E-state index contributed by atoms with van der Waals surface area (Å²) < 4.78 is 0. The van der Waals surface area contributed by atoms with Crippen molar-refractivity contribution in [2.24, 2.45) is 5.92 Å². The van der Waals surface area contributed by atoms with Crippen molar-refractivity contribution in [3.05, 3.63) is 22.5 Å². The number of carbonyl (C=O) groups is 5. The predicted octanol–water partition coefficient (Wildman–Crippen LogP) is 2.39. The smallest absolute Gasteiger partial charge is 0.334 e. The Labute approximate surface area is 163 Å². The average Bonchev–Trinajstić information content (AvgIpc) is 3.04. The molecule has 4 amide bonds. The number of nitrogens with zero attached hydrogens (tertiary/aromatic N) is 2. The molecule has 8 nitrogen and oxygen atoms in total. The number of carbonyl (C=O) groups excluding carboxylic acids is 5. The number of Topliss-reactive ketones (excluding diaryl/α,β-unsaturated/α-hetero) is 2. The van der Waals surface area contributed by atoms with Gasteiger partial charge in [-0.15, -0.1) is 0 Å². The lowest BCUT2D eigenvalue weighted by Crippen LogP contribution is -2.46. The number of aromatic amines is 1. The molecule has 1 aromatic rings. The minimum atomic E-state index is -0.969. The third-order valence-corrected chi connectivity index (χ3v) is 5.85. The molecule has 1 aliphatic heterocycles. The Bertz CT molecular complexity index is 885. The van der Waals surface area contributed by atoms with Gasteiger partial charge in [-0.05, 0) is 45.1 Å². The van der Waals surface area contributed by atoms with Gasteiger partial charge in [-0.2, -0.15) is 0 Å². The lowest BCUT2D eigenvalue weighted by atomic mass is 9.85. The highest BCUT2D eigenvalue weighted by atomic mass is 16.2. The number of imide groups is 2. The molecule has 1 N–H and O–H groups in total. The molecule has 2 heterocycles. The Kier molecular flexibility index (Phi) is 5.23. The fraction of sp³-hybridized carbons (Fsp3) is 0.550. The van der Waals surface area contributed by atoms with Gasteiger partial charge in [-0.3, -0.25) is 24.1 Å². The van der Waals surface area contributed by atoms with Crippen LogP contribution in [0.15, 0.2) is 0 Å². The number of aryl methyl sites for hydroxylation is 1. The number of ketones is 2. The van der Waals surface area contributed by atoms with Crippen molar-refractivity contribution in [1.82, 2.24) is 14.8 Å². The van der Waals surface area contributed by atoms with E-state index >= 15 is 0 Å². The lowest BCUT2D eigenvalue weighted by molar-refractivity contribution is -0.144. The van der Waals surface area contributed by atoms with Crippen molar-refractivity contribution < 1.29 is 24.0 Å². The minimum absolute atomic E-state index is 0.122. The second-order valence-corrected chi connectivity index (χ2v) is 7.78. The van der Waals surface area contributed by atoms with Crippen LogP contribution in [0.25, 0.3) is 0 Å². The van der Waals surface area contributed by atoms with Crippen LogP contribution < -0.4 is 0 Å². The van der Waals surface area contributed by atoms with Crippen LogP contribution in [0.1, 0.15) is 71.6 Å². The van der Waals surface area contributed by atoms with Crippen molar-refractivity contribution in [2.45, 2.75) is 59.4 Å². The Hall–Kier alpha value is -2.77. The molecule has 8 heteroatoms. The van der Waals surface area contributed by atoms with Crippen molar-refractivity contribution in [3.63, 3.8) is 0 Å². The maximum Gasteiger partial charge on any atom is 0.334 e. The van der Waals surface area contributed by atoms with E-state index in [0.29, 0.717) is 23.2 Å². The van der Waals surface area contributed by atoms with Gasteiger partial charge in [-0.25, -0.2) is 9.69 Å². The molecule has 0 bridgehead atoms. The number of H-pyrrole nitrogens is 1. The molecule has 3 rings (SSSR count). The third kappa shape index (κ3) is 3.16. The zero-order valence-electron chi connectivity index (χ0n) is 16.6. The van der Waals surface area contributed by atoms with E-state index in [4.69, 9.17) is 0 Å². The van der Waals surface area contributed by atoms with Gasteiger partial charge in [0.05, 0.1) is 12.2 Å². The van der Waals surface area contributed by atoms with Crippen LogP contribution in [0, 0.1) is 19.8 Å². The quantitative estimate of drug-likeness (QED) is 0.474. The number of aromatic nitrogens is 1. The summed E-state index contributed by atoms with van der Waals surface area (Å²) in [6.45, 7) is 6.17. The molecule has 1 saturated heterocycles. The second-order valence-electron chi connectivity index (χ2n) is 7.78. The number of rotatable bonds is 5. The first kappa shape index (κ1) is 20.0. The summed E-state index contributed by atoms with van der Waals surface area (Å²) in [5.41, 5.74) is 1.65. The summed E-state index contributed by atoms with van der Waals surface area (Å²) in [6, 6.07) is -1.04. The summed E-state index contributed by atoms with van der Waals surface area (Å²) in [5.74, 6) is -2.40. The molecule has 2 aliphatic rings. The Morgan fingerprint density at radius 3 is 2.29 bits per heavy atom. The third-order valence-electron chi connectivity index (χ3n) is 5.85. The maximum absolute atomic E-state index is 12.8. The van der Waals surface area contributed by atoms with Gasteiger partial charge < -0.3 is 4.98 Å². The van der Waals surface area contributed by atoms with Crippen molar-refractivity contribution in [3.8, 4) is 0 Å². The lowest BCUT2D eigenvalue weighted by Gasteiger charge is -2.34. The van der Waals surface area contributed by atoms with Gasteiger partial charge in [-0.1, -0.05) is 19.8 Å². The molecule has 0 radical (unpaired) electrons. The van der Waals surface area contributed by atoms with Crippen molar-refractivity contribution in [2.75, 3.05) is 6.54 Å². The van der Waals surface area contributed by atoms with E-state index in [2.05, 4.69) is 4.98 Å². The van der Waals surface area contributed by atoms with Gasteiger partial charge in [0.25, 0.3) is 0 Å². The maximum atomic E-state index is 12.8. The highest BCUT2D eigenvalue weighted by Crippen LogP contribution is 2.31. The molecule has 2 atom stereocenters. The monoisotopic (exact) mass is 387 g/mol. The van der Waals surface area contributed by atoms with Gasteiger partial charge in [0.1, 0.15) is 0 Å². The van der Waals surface area contributed by atoms with E-state index in [9.17, 15) is 24.0 Å². The van der Waals surface area contributed by atoms with Crippen LogP contribution >= 0.6 is 0 Å². The van der Waals surface area contributed by atoms with E-state index in [-0.39, 0.29) is 23.4 Å². The second kappa shape index (κ2) is 7.33. The van der Waals surface area contributed by atoms with E-state index in [0.717, 1.165) is 29.1 Å². The molecular weight excluding hydrogens is 362 g/mol. The van der Waals surface area contributed by atoms with Crippen molar-refractivity contribution >= 4 is 29.4 Å². The van der Waals surface area contributed by atoms with E-state index in [1.165, 1.54) is 6.92 Å². The minimum Gasteiger partial charge on any atom is -0.355 e. The predicted molar refractivity (Wildman–Crippen MR) is 100.0 cm³/mol. The first-order valence-corrected chi connectivity index (χ1v) is 9.57. The normalized spacial score (nSPS) is 22.9. The molecule has 0 spiro atoms. The Morgan fingerprint density at radius 2 is 1.71 bits per heavy atom. The molecule has 150 valence electrons. The summed E-state index contributed by atoms with van der Waals surface area (Å²) in [6.07, 6.45) is 3.50. The molecule has 28 heavy (non-hydrogen) atoms. The summed E-state index contributed by atoms with van der Waals surface area (Å²) in [7, 11) is 0. The number of urea groups is 1. The molecule has 0 unspecified atom stereocenters. The van der Waals surface area contributed by atoms with E-state index < -0.39 is 30.2 Å². The average molecular weight is 387 g/mol. The SMILES string of the molecule is CC(=O)c1c(C)[nH]c(C(=O)CN2C(=O)C(=O)N([C@H]3CCCC[C@H]3C)C2=O)c1C.